The first-order valence-electron chi connectivity index (χ1n) is 4.74. The van der Waals surface area contributed by atoms with Crippen molar-refractivity contribution in [1.29, 1.82) is 0 Å². The molecule has 2 heteroatoms. The zero-order valence-electron chi connectivity index (χ0n) is 8.27. The Bertz CT molecular complexity index is 412. The third-order valence-electron chi connectivity index (χ3n) is 2.24. The van der Waals surface area contributed by atoms with Gasteiger partial charge in [-0.3, -0.25) is 4.68 Å². The fourth-order valence-corrected chi connectivity index (χ4v) is 1.38. The van der Waals surface area contributed by atoms with Gasteiger partial charge in [-0.25, -0.2) is 0 Å². The van der Waals surface area contributed by atoms with Crippen LogP contribution < -0.4 is 0 Å². The van der Waals surface area contributed by atoms with Crippen LogP contribution in [0, 0.1) is 6.92 Å². The van der Waals surface area contributed by atoms with Gasteiger partial charge < -0.3 is 0 Å². The molecule has 0 fully saturated rings. The van der Waals surface area contributed by atoms with Crippen LogP contribution in [0.3, 0.4) is 0 Å². The summed E-state index contributed by atoms with van der Waals surface area (Å²) in [4.78, 5) is 0. The van der Waals surface area contributed by atoms with Crippen molar-refractivity contribution in [3.63, 3.8) is 0 Å². The van der Waals surface area contributed by atoms with Crippen molar-refractivity contribution in [3.8, 4) is 11.1 Å². The summed E-state index contributed by atoms with van der Waals surface area (Å²) in [5.41, 5.74) is 3.39. The molecular formula is C12H13N2. The van der Waals surface area contributed by atoms with Crippen LogP contribution in [0.2, 0.25) is 0 Å². The predicted octanol–water partition coefficient (Wildman–Crippen LogP) is 2.75. The molecular weight excluding hydrogens is 172 g/mol. The molecule has 0 saturated carbocycles. The average Bonchev–Trinajstić information content (AvgIpc) is 2.67. The molecule has 0 spiro atoms. The highest BCUT2D eigenvalue weighted by Crippen LogP contribution is 2.18. The van der Waals surface area contributed by atoms with Gasteiger partial charge in [0.05, 0.1) is 6.20 Å². The van der Waals surface area contributed by atoms with Crippen LogP contribution in [-0.2, 0) is 6.54 Å². The number of benzene rings is 1. The van der Waals surface area contributed by atoms with Gasteiger partial charge in [-0.15, -0.1) is 0 Å². The molecule has 0 aliphatic rings. The molecule has 2 rings (SSSR count). The fourth-order valence-electron chi connectivity index (χ4n) is 1.38. The van der Waals surface area contributed by atoms with Crippen LogP contribution in [0.1, 0.15) is 12.5 Å². The standard InChI is InChI=1S/C12H13N2/c1-3-14-9-12(8-13-14)11-6-4-10(2)5-7-11/h4-9H,2-3H2,1H3. The lowest BCUT2D eigenvalue weighted by Gasteiger charge is -1.97. The number of aryl methyl sites for hydroxylation is 1. The number of hydrogen-bond donors (Lipinski definition) is 0. The van der Waals surface area contributed by atoms with Gasteiger partial charge in [-0.2, -0.15) is 5.10 Å². The normalized spacial score (nSPS) is 10.4. The molecule has 2 aromatic rings. The van der Waals surface area contributed by atoms with Gasteiger partial charge in [0.1, 0.15) is 0 Å². The van der Waals surface area contributed by atoms with E-state index in [1.54, 1.807) is 0 Å². The number of rotatable bonds is 2. The largest absolute Gasteiger partial charge is 0.272 e. The minimum absolute atomic E-state index is 0.910. The Morgan fingerprint density at radius 1 is 1.21 bits per heavy atom. The highest BCUT2D eigenvalue weighted by molar-refractivity contribution is 5.62. The molecule has 0 unspecified atom stereocenters. The molecule has 0 amide bonds. The van der Waals surface area contributed by atoms with Crippen molar-refractivity contribution in [2.45, 2.75) is 13.5 Å². The minimum Gasteiger partial charge on any atom is -0.272 e. The van der Waals surface area contributed by atoms with E-state index >= 15 is 0 Å². The molecule has 71 valence electrons. The van der Waals surface area contributed by atoms with E-state index in [0.717, 1.165) is 17.7 Å². The molecule has 0 aliphatic carbocycles. The topological polar surface area (TPSA) is 17.8 Å². The van der Waals surface area contributed by atoms with Crippen LogP contribution in [0.15, 0.2) is 36.7 Å². The van der Waals surface area contributed by atoms with Crippen LogP contribution in [0.25, 0.3) is 11.1 Å². The van der Waals surface area contributed by atoms with Crippen molar-refractivity contribution < 1.29 is 0 Å². The Balaban J connectivity index is 2.34. The van der Waals surface area contributed by atoms with Gasteiger partial charge in [0.25, 0.3) is 0 Å². The lowest BCUT2D eigenvalue weighted by molar-refractivity contribution is 0.660. The molecule has 0 N–H and O–H groups in total. The third-order valence-corrected chi connectivity index (χ3v) is 2.24. The smallest absolute Gasteiger partial charge is 0.0568 e. The quantitative estimate of drug-likeness (QED) is 0.703. The Morgan fingerprint density at radius 3 is 2.50 bits per heavy atom. The molecule has 1 heterocycles. The van der Waals surface area contributed by atoms with Gasteiger partial charge in [0.15, 0.2) is 0 Å². The monoisotopic (exact) mass is 185 g/mol. The molecule has 0 saturated heterocycles. The fraction of sp³-hybridized carbons (Fsp3) is 0.167. The molecule has 1 radical (unpaired) electrons. The van der Waals surface area contributed by atoms with E-state index in [1.165, 1.54) is 5.56 Å². The van der Waals surface area contributed by atoms with Crippen LogP contribution in [0.4, 0.5) is 0 Å². The summed E-state index contributed by atoms with van der Waals surface area (Å²) in [5.74, 6) is 0. The Hall–Kier alpha value is -1.57. The van der Waals surface area contributed by atoms with E-state index in [4.69, 9.17) is 0 Å². The number of hydrogen-bond acceptors (Lipinski definition) is 1. The maximum Gasteiger partial charge on any atom is 0.0568 e. The van der Waals surface area contributed by atoms with Crippen molar-refractivity contribution in [2.24, 2.45) is 0 Å². The third kappa shape index (κ3) is 1.69. The van der Waals surface area contributed by atoms with E-state index in [-0.39, 0.29) is 0 Å². The zero-order chi connectivity index (χ0) is 9.97. The maximum absolute atomic E-state index is 4.23. The first-order valence-corrected chi connectivity index (χ1v) is 4.74. The predicted molar refractivity (Wildman–Crippen MR) is 57.8 cm³/mol. The van der Waals surface area contributed by atoms with Gasteiger partial charge in [-0.1, -0.05) is 24.3 Å². The van der Waals surface area contributed by atoms with E-state index in [9.17, 15) is 0 Å². The summed E-state index contributed by atoms with van der Waals surface area (Å²) >= 11 is 0. The first kappa shape index (κ1) is 9.00. The van der Waals surface area contributed by atoms with Gasteiger partial charge >= 0.3 is 0 Å². The second-order valence-electron chi connectivity index (χ2n) is 3.28. The highest BCUT2D eigenvalue weighted by Gasteiger charge is 1.99. The molecule has 1 aromatic carbocycles. The Labute approximate surface area is 84.2 Å². The summed E-state index contributed by atoms with van der Waals surface area (Å²) < 4.78 is 1.92. The highest BCUT2D eigenvalue weighted by atomic mass is 15.3. The zero-order valence-corrected chi connectivity index (χ0v) is 8.27. The molecule has 1 aromatic heterocycles. The molecule has 0 aliphatic heterocycles. The molecule has 2 nitrogen and oxygen atoms in total. The van der Waals surface area contributed by atoms with E-state index in [2.05, 4.69) is 37.3 Å². The van der Waals surface area contributed by atoms with Crippen molar-refractivity contribution in [3.05, 3.63) is 49.1 Å². The van der Waals surface area contributed by atoms with E-state index in [1.807, 2.05) is 23.0 Å². The van der Waals surface area contributed by atoms with Crippen LogP contribution >= 0.6 is 0 Å². The molecule has 0 atom stereocenters. The average molecular weight is 185 g/mol. The van der Waals surface area contributed by atoms with Gasteiger partial charge in [0.2, 0.25) is 0 Å². The van der Waals surface area contributed by atoms with Crippen molar-refractivity contribution in [1.82, 2.24) is 9.78 Å². The van der Waals surface area contributed by atoms with Gasteiger partial charge in [-0.05, 0) is 25.0 Å². The van der Waals surface area contributed by atoms with Crippen molar-refractivity contribution in [2.75, 3.05) is 0 Å². The summed E-state index contributed by atoms with van der Waals surface area (Å²) in [6.07, 6.45) is 3.94. The number of aromatic nitrogens is 2. The lowest BCUT2D eigenvalue weighted by atomic mass is 10.1. The number of nitrogens with zero attached hydrogens (tertiary/aromatic N) is 2. The first-order chi connectivity index (χ1) is 6.79. The second kappa shape index (κ2) is 3.66. The molecule has 14 heavy (non-hydrogen) atoms. The summed E-state index contributed by atoms with van der Waals surface area (Å²) in [7, 11) is 0. The minimum atomic E-state index is 0.910. The second-order valence-corrected chi connectivity index (χ2v) is 3.28. The maximum atomic E-state index is 4.23. The lowest BCUT2D eigenvalue weighted by Crippen LogP contribution is -1.91. The Morgan fingerprint density at radius 2 is 1.93 bits per heavy atom. The van der Waals surface area contributed by atoms with E-state index < -0.39 is 0 Å². The Kier molecular flexibility index (Phi) is 2.35. The summed E-state index contributed by atoms with van der Waals surface area (Å²) in [5, 5.41) is 4.23. The molecule has 0 bridgehead atoms. The van der Waals surface area contributed by atoms with Crippen molar-refractivity contribution >= 4 is 0 Å². The van der Waals surface area contributed by atoms with E-state index in [0.29, 0.717) is 0 Å². The van der Waals surface area contributed by atoms with Crippen LogP contribution in [-0.4, -0.2) is 9.78 Å². The van der Waals surface area contributed by atoms with Crippen LogP contribution in [0.5, 0.6) is 0 Å². The summed E-state index contributed by atoms with van der Waals surface area (Å²) in [6.45, 7) is 6.85. The van der Waals surface area contributed by atoms with Gasteiger partial charge in [0, 0.05) is 18.3 Å². The SMILES string of the molecule is [CH2]c1ccc(-c2cnn(CC)c2)cc1. The summed E-state index contributed by atoms with van der Waals surface area (Å²) in [6, 6.07) is 8.16.